The summed E-state index contributed by atoms with van der Waals surface area (Å²) in [4.78, 5) is 31.0. The minimum atomic E-state index is -0.487. The van der Waals surface area contributed by atoms with Crippen LogP contribution in [0.2, 0.25) is 0 Å². The number of aromatic nitrogens is 1. The first-order valence-electron chi connectivity index (χ1n) is 9.02. The molecule has 2 rings (SSSR count). The molecule has 0 aliphatic carbocycles. The average molecular weight is 375 g/mol. The molecular formula is C19H25N3O3S. The highest BCUT2D eigenvalue weighted by atomic mass is 32.2. The van der Waals surface area contributed by atoms with E-state index in [0.29, 0.717) is 21.8 Å². The number of ether oxygens (including phenoxy) is 1. The Hall–Kier alpha value is -2.07. The van der Waals surface area contributed by atoms with E-state index >= 15 is 0 Å². The number of carbonyl (C=O) groups excluding carboxylic acids is 2. The van der Waals surface area contributed by atoms with Gasteiger partial charge in [0, 0.05) is 13.1 Å². The van der Waals surface area contributed by atoms with Gasteiger partial charge in [0.1, 0.15) is 11.1 Å². The van der Waals surface area contributed by atoms with Crippen LogP contribution in [0, 0.1) is 18.3 Å². The number of pyridine rings is 1. The molecule has 2 heterocycles. The van der Waals surface area contributed by atoms with Crippen LogP contribution in [0.1, 0.15) is 61.1 Å². The largest absolute Gasteiger partial charge is 0.462 e. The number of rotatable bonds is 5. The molecule has 0 radical (unpaired) electrons. The number of hydrogen-bond acceptors (Lipinski definition) is 6. The van der Waals surface area contributed by atoms with Crippen LogP contribution in [0.5, 0.6) is 0 Å². The number of thioether (sulfide) groups is 1. The van der Waals surface area contributed by atoms with Crippen LogP contribution in [0.4, 0.5) is 0 Å². The smallest absolute Gasteiger partial charge is 0.340 e. The van der Waals surface area contributed by atoms with Crippen LogP contribution >= 0.6 is 11.8 Å². The van der Waals surface area contributed by atoms with Crippen LogP contribution in [0.25, 0.3) is 0 Å². The van der Waals surface area contributed by atoms with Crippen LogP contribution in [-0.4, -0.2) is 46.7 Å². The predicted octanol–water partition coefficient (Wildman–Crippen LogP) is 3.32. The van der Waals surface area contributed by atoms with Crippen molar-refractivity contribution in [2.24, 2.45) is 0 Å². The molecule has 6 nitrogen and oxygen atoms in total. The first kappa shape index (κ1) is 20.2. The fourth-order valence-corrected chi connectivity index (χ4v) is 3.94. The van der Waals surface area contributed by atoms with Gasteiger partial charge < -0.3 is 9.64 Å². The van der Waals surface area contributed by atoms with E-state index in [0.717, 1.165) is 25.9 Å². The monoisotopic (exact) mass is 375 g/mol. The normalized spacial score (nSPS) is 15.7. The van der Waals surface area contributed by atoms with Gasteiger partial charge in [0.25, 0.3) is 0 Å². The highest BCUT2D eigenvalue weighted by molar-refractivity contribution is 8.00. The summed E-state index contributed by atoms with van der Waals surface area (Å²) in [5, 5.41) is 9.58. The van der Waals surface area contributed by atoms with Gasteiger partial charge in [-0.3, -0.25) is 4.79 Å². The molecule has 0 aromatic carbocycles. The molecule has 0 bridgehead atoms. The van der Waals surface area contributed by atoms with Gasteiger partial charge in [-0.1, -0.05) is 24.6 Å². The lowest BCUT2D eigenvalue weighted by Gasteiger charge is -2.24. The number of carbonyl (C=O) groups is 2. The second-order valence-corrected chi connectivity index (χ2v) is 7.64. The van der Waals surface area contributed by atoms with Gasteiger partial charge in [-0.25, -0.2) is 9.78 Å². The second kappa shape index (κ2) is 9.58. The zero-order valence-corrected chi connectivity index (χ0v) is 16.4. The van der Waals surface area contributed by atoms with E-state index in [1.807, 2.05) is 11.8 Å². The summed E-state index contributed by atoms with van der Waals surface area (Å²) in [6.45, 7) is 7.13. The van der Waals surface area contributed by atoms with E-state index in [9.17, 15) is 14.9 Å². The Bertz CT molecular complexity index is 707. The maximum atomic E-state index is 12.7. The highest BCUT2D eigenvalue weighted by Crippen LogP contribution is 2.28. The van der Waals surface area contributed by atoms with Gasteiger partial charge >= 0.3 is 5.97 Å². The third kappa shape index (κ3) is 4.98. The summed E-state index contributed by atoms with van der Waals surface area (Å²) in [5.41, 5.74) is 1.08. The van der Waals surface area contributed by atoms with Crippen molar-refractivity contribution in [1.82, 2.24) is 9.88 Å². The Labute approximate surface area is 158 Å². The van der Waals surface area contributed by atoms with E-state index in [1.54, 1.807) is 13.8 Å². The summed E-state index contributed by atoms with van der Waals surface area (Å²) in [7, 11) is 0. The molecule has 1 unspecified atom stereocenters. The predicted molar refractivity (Wildman–Crippen MR) is 100 cm³/mol. The Morgan fingerprint density at radius 3 is 2.58 bits per heavy atom. The van der Waals surface area contributed by atoms with Crippen LogP contribution in [-0.2, 0) is 9.53 Å². The Kier molecular flexibility index (Phi) is 7.46. The minimum Gasteiger partial charge on any atom is -0.462 e. The number of nitriles is 1. The molecule has 1 aliphatic rings. The molecule has 1 aromatic heterocycles. The number of esters is 1. The van der Waals surface area contributed by atoms with Crippen molar-refractivity contribution in [2.75, 3.05) is 19.7 Å². The third-order valence-electron chi connectivity index (χ3n) is 4.35. The van der Waals surface area contributed by atoms with Crippen molar-refractivity contribution in [1.29, 1.82) is 5.26 Å². The van der Waals surface area contributed by atoms with E-state index in [2.05, 4.69) is 11.1 Å². The van der Waals surface area contributed by atoms with Crippen LogP contribution < -0.4 is 0 Å². The lowest BCUT2D eigenvalue weighted by molar-refractivity contribution is -0.130. The van der Waals surface area contributed by atoms with Crippen molar-refractivity contribution >= 4 is 23.6 Å². The standard InChI is InChI=1S/C19H25N3O3S/c1-4-25-19(24)16-11-15(12-20)17(21-13(16)2)26-14(3)18(23)22-9-7-5-6-8-10-22/h11,14H,4-10H2,1-3H3. The Morgan fingerprint density at radius 1 is 1.35 bits per heavy atom. The van der Waals surface area contributed by atoms with Gasteiger partial charge in [-0.2, -0.15) is 5.26 Å². The lowest BCUT2D eigenvalue weighted by atomic mass is 10.1. The fourth-order valence-electron chi connectivity index (χ4n) is 2.93. The molecule has 1 amide bonds. The number of nitrogens with zero attached hydrogens (tertiary/aromatic N) is 3. The number of hydrogen-bond donors (Lipinski definition) is 0. The number of aryl methyl sites for hydroxylation is 1. The topological polar surface area (TPSA) is 83.3 Å². The van der Waals surface area contributed by atoms with Crippen LogP contribution in [0.3, 0.4) is 0 Å². The molecule has 0 saturated carbocycles. The molecule has 7 heteroatoms. The summed E-state index contributed by atoms with van der Waals surface area (Å²) >= 11 is 1.27. The molecule has 1 fully saturated rings. The fraction of sp³-hybridized carbons (Fsp3) is 0.579. The van der Waals surface area contributed by atoms with Gasteiger partial charge in [-0.15, -0.1) is 0 Å². The van der Waals surface area contributed by atoms with Gasteiger partial charge in [0.15, 0.2) is 0 Å². The molecule has 0 spiro atoms. The summed E-state index contributed by atoms with van der Waals surface area (Å²) in [5.74, 6) is -0.408. The van der Waals surface area contributed by atoms with Crippen molar-refractivity contribution in [3.05, 3.63) is 22.9 Å². The van der Waals surface area contributed by atoms with Crippen molar-refractivity contribution < 1.29 is 14.3 Å². The number of amides is 1. The Balaban J connectivity index is 2.17. The van der Waals surface area contributed by atoms with Crippen molar-refractivity contribution in [3.63, 3.8) is 0 Å². The maximum Gasteiger partial charge on any atom is 0.340 e. The molecule has 0 N–H and O–H groups in total. The van der Waals surface area contributed by atoms with E-state index in [1.165, 1.54) is 30.7 Å². The van der Waals surface area contributed by atoms with Gasteiger partial charge in [0.2, 0.25) is 5.91 Å². The highest BCUT2D eigenvalue weighted by Gasteiger charge is 2.25. The summed E-state index contributed by atoms with van der Waals surface area (Å²) < 4.78 is 5.00. The zero-order valence-electron chi connectivity index (χ0n) is 15.6. The van der Waals surface area contributed by atoms with E-state index < -0.39 is 5.97 Å². The quantitative estimate of drug-likeness (QED) is 0.580. The van der Waals surface area contributed by atoms with E-state index in [-0.39, 0.29) is 17.8 Å². The molecule has 1 aliphatic heterocycles. The lowest BCUT2D eigenvalue weighted by Crippen LogP contribution is -2.37. The third-order valence-corrected chi connectivity index (χ3v) is 5.44. The zero-order chi connectivity index (χ0) is 19.1. The first-order chi connectivity index (χ1) is 12.5. The first-order valence-corrected chi connectivity index (χ1v) is 9.90. The summed E-state index contributed by atoms with van der Waals surface area (Å²) in [6, 6.07) is 3.58. The maximum absolute atomic E-state index is 12.7. The van der Waals surface area contributed by atoms with Gasteiger partial charge in [0.05, 0.1) is 28.7 Å². The molecule has 1 saturated heterocycles. The second-order valence-electron chi connectivity index (χ2n) is 6.31. The molecular weight excluding hydrogens is 350 g/mol. The van der Waals surface area contributed by atoms with Crippen molar-refractivity contribution in [2.45, 2.75) is 56.7 Å². The summed E-state index contributed by atoms with van der Waals surface area (Å²) in [6.07, 6.45) is 4.41. The van der Waals surface area contributed by atoms with E-state index in [4.69, 9.17) is 4.74 Å². The molecule has 140 valence electrons. The molecule has 1 aromatic rings. The molecule has 26 heavy (non-hydrogen) atoms. The number of likely N-dealkylation sites (tertiary alicyclic amines) is 1. The Morgan fingerprint density at radius 2 is 2.00 bits per heavy atom. The SMILES string of the molecule is CCOC(=O)c1cc(C#N)c(SC(C)C(=O)N2CCCCCC2)nc1C. The average Bonchev–Trinajstić information content (AvgIpc) is 2.90. The van der Waals surface area contributed by atoms with Crippen LogP contribution in [0.15, 0.2) is 11.1 Å². The minimum absolute atomic E-state index is 0.0784. The van der Waals surface area contributed by atoms with Gasteiger partial charge in [-0.05, 0) is 39.7 Å². The van der Waals surface area contributed by atoms with Crippen molar-refractivity contribution in [3.8, 4) is 6.07 Å². The molecule has 1 atom stereocenters.